The van der Waals surface area contributed by atoms with Gasteiger partial charge < -0.3 is 43.4 Å². The highest BCUT2D eigenvalue weighted by Gasteiger charge is 2.33. The Morgan fingerprint density at radius 1 is 0.771 bits per heavy atom. The largest absolute Gasteiger partial charge is 0.481 e. The van der Waals surface area contributed by atoms with E-state index in [2.05, 4.69) is 16.0 Å². The van der Waals surface area contributed by atoms with Crippen LogP contribution in [0, 0.1) is 5.92 Å². The van der Waals surface area contributed by atoms with Crippen LogP contribution in [0.3, 0.4) is 0 Å². The van der Waals surface area contributed by atoms with Gasteiger partial charge in [-0.1, -0.05) is 20.3 Å². The number of hydrogen-bond acceptors (Lipinski definition) is 8. The number of carbonyl (C=O) groups excluding carboxylic acids is 5. The second kappa shape index (κ2) is 15.2. The first-order chi connectivity index (χ1) is 16.2. The smallest absolute Gasteiger partial charge is 0.326 e. The Balaban J connectivity index is 5.62. The highest BCUT2D eigenvalue weighted by molar-refractivity contribution is 5.95. The van der Waals surface area contributed by atoms with Crippen molar-refractivity contribution < 1.29 is 43.8 Å². The van der Waals surface area contributed by atoms with Crippen LogP contribution < -0.4 is 33.2 Å². The van der Waals surface area contributed by atoms with Crippen molar-refractivity contribution in [2.24, 2.45) is 23.1 Å². The standard InChI is InChI=1S/C20H34N6O9/c1-3-9(2)16(19(33)25-12(20(34)35)8-14(23)28)26-18(32)11(5-7-15(29)30)24-17(31)10(21)4-6-13(22)27/h9-12,16H,3-8,21H2,1-2H3,(H2,22,27)(H2,23,28)(H,24,31)(H,25,33)(H,26,32)(H,29,30)(H,34,35). The average Bonchev–Trinajstić information content (AvgIpc) is 2.76. The van der Waals surface area contributed by atoms with Crippen LogP contribution in [0.2, 0.25) is 0 Å². The maximum Gasteiger partial charge on any atom is 0.326 e. The minimum atomic E-state index is -1.63. The van der Waals surface area contributed by atoms with Gasteiger partial charge in [0, 0.05) is 12.8 Å². The van der Waals surface area contributed by atoms with Crippen molar-refractivity contribution in [3.63, 3.8) is 0 Å². The monoisotopic (exact) mass is 502 g/mol. The number of primary amides is 2. The predicted molar refractivity (Wildman–Crippen MR) is 120 cm³/mol. The van der Waals surface area contributed by atoms with Crippen molar-refractivity contribution in [1.82, 2.24) is 16.0 Å². The molecule has 0 fully saturated rings. The van der Waals surface area contributed by atoms with Crippen molar-refractivity contribution in [3.8, 4) is 0 Å². The molecule has 0 heterocycles. The molecule has 5 atom stereocenters. The number of nitrogens with two attached hydrogens (primary N) is 3. The molecule has 0 spiro atoms. The van der Waals surface area contributed by atoms with Gasteiger partial charge in [0.25, 0.3) is 0 Å². The summed E-state index contributed by atoms with van der Waals surface area (Å²) in [6.45, 7) is 3.30. The Kier molecular flexibility index (Phi) is 13.6. The number of nitrogens with one attached hydrogen (secondary N) is 3. The number of carboxylic acids is 2. The van der Waals surface area contributed by atoms with Gasteiger partial charge in [0.15, 0.2) is 0 Å². The fourth-order valence-electron chi connectivity index (χ4n) is 2.86. The van der Waals surface area contributed by atoms with Gasteiger partial charge in [0.1, 0.15) is 18.1 Å². The molecule has 0 aromatic rings. The van der Waals surface area contributed by atoms with Gasteiger partial charge in [-0.2, -0.15) is 0 Å². The SMILES string of the molecule is CCC(C)C(NC(=O)C(CCC(=O)O)NC(=O)C(N)CCC(N)=O)C(=O)NC(CC(N)=O)C(=O)O. The lowest BCUT2D eigenvalue weighted by Gasteiger charge is -2.28. The number of amides is 5. The number of carbonyl (C=O) groups is 7. The van der Waals surface area contributed by atoms with Gasteiger partial charge >= 0.3 is 11.9 Å². The molecule has 0 rings (SSSR count). The molecule has 5 amide bonds. The molecule has 0 bridgehead atoms. The quantitative estimate of drug-likeness (QED) is 0.0991. The molecule has 5 unspecified atom stereocenters. The molecule has 0 aliphatic carbocycles. The number of rotatable bonds is 17. The summed E-state index contributed by atoms with van der Waals surface area (Å²) in [6, 6.07) is -5.52. The van der Waals surface area contributed by atoms with Crippen molar-refractivity contribution in [2.75, 3.05) is 0 Å². The van der Waals surface area contributed by atoms with Crippen LogP contribution in [0.1, 0.15) is 52.4 Å². The fourth-order valence-corrected chi connectivity index (χ4v) is 2.86. The van der Waals surface area contributed by atoms with E-state index >= 15 is 0 Å². The van der Waals surface area contributed by atoms with E-state index in [4.69, 9.17) is 22.3 Å². The van der Waals surface area contributed by atoms with E-state index in [0.717, 1.165) is 0 Å². The molecule has 11 N–H and O–H groups in total. The number of hydrogen-bond donors (Lipinski definition) is 8. The summed E-state index contributed by atoms with van der Waals surface area (Å²) in [4.78, 5) is 82.4. The second-order valence-electron chi connectivity index (χ2n) is 8.05. The molecule has 15 heteroatoms. The van der Waals surface area contributed by atoms with Gasteiger partial charge in [-0.25, -0.2) is 4.79 Å². The van der Waals surface area contributed by atoms with Crippen LogP contribution >= 0.6 is 0 Å². The third-order valence-electron chi connectivity index (χ3n) is 5.13. The van der Waals surface area contributed by atoms with E-state index in [0.29, 0.717) is 6.42 Å². The normalized spacial score (nSPS) is 14.9. The van der Waals surface area contributed by atoms with Gasteiger partial charge in [0.2, 0.25) is 29.5 Å². The third kappa shape index (κ3) is 12.3. The molecular weight excluding hydrogens is 468 g/mol. The van der Waals surface area contributed by atoms with Gasteiger partial charge in [0.05, 0.1) is 12.5 Å². The van der Waals surface area contributed by atoms with E-state index in [1.165, 1.54) is 0 Å². The molecule has 0 saturated carbocycles. The van der Waals surface area contributed by atoms with E-state index in [1.54, 1.807) is 13.8 Å². The Labute approximate surface area is 201 Å². The third-order valence-corrected chi connectivity index (χ3v) is 5.13. The van der Waals surface area contributed by atoms with E-state index in [-0.39, 0.29) is 19.3 Å². The maximum absolute atomic E-state index is 12.9. The minimum absolute atomic E-state index is 0.108. The summed E-state index contributed by atoms with van der Waals surface area (Å²) in [6.07, 6.45) is -1.45. The van der Waals surface area contributed by atoms with Crippen LogP contribution in [0.5, 0.6) is 0 Å². The zero-order valence-corrected chi connectivity index (χ0v) is 19.6. The van der Waals surface area contributed by atoms with E-state index < -0.39 is 84.4 Å². The molecule has 0 aromatic carbocycles. The van der Waals surface area contributed by atoms with Gasteiger partial charge in [-0.05, 0) is 18.8 Å². The molecule has 198 valence electrons. The van der Waals surface area contributed by atoms with Crippen LogP contribution in [0.15, 0.2) is 0 Å². The molecule has 35 heavy (non-hydrogen) atoms. The van der Waals surface area contributed by atoms with Gasteiger partial charge in [-0.3, -0.25) is 28.8 Å². The Morgan fingerprint density at radius 2 is 1.34 bits per heavy atom. The van der Waals surface area contributed by atoms with Crippen molar-refractivity contribution in [1.29, 1.82) is 0 Å². The Hall–Kier alpha value is -3.75. The van der Waals surface area contributed by atoms with Crippen molar-refractivity contribution >= 4 is 41.5 Å². The first-order valence-corrected chi connectivity index (χ1v) is 10.9. The summed E-state index contributed by atoms with van der Waals surface area (Å²) in [5, 5.41) is 25.0. The molecule has 0 saturated heterocycles. The molecular formula is C20H34N6O9. The highest BCUT2D eigenvalue weighted by Crippen LogP contribution is 2.11. The molecule has 0 aliphatic rings. The Bertz CT molecular complexity index is 819. The van der Waals surface area contributed by atoms with Crippen LogP contribution in [-0.2, 0) is 33.6 Å². The maximum atomic E-state index is 12.9. The molecule has 15 nitrogen and oxygen atoms in total. The van der Waals surface area contributed by atoms with Crippen LogP contribution in [0.4, 0.5) is 0 Å². The Morgan fingerprint density at radius 3 is 1.80 bits per heavy atom. The lowest BCUT2D eigenvalue weighted by molar-refractivity contribution is -0.144. The van der Waals surface area contributed by atoms with Gasteiger partial charge in [-0.15, -0.1) is 0 Å². The molecule has 0 aliphatic heterocycles. The summed E-state index contributed by atoms with van der Waals surface area (Å²) in [7, 11) is 0. The summed E-state index contributed by atoms with van der Waals surface area (Å²) in [5.74, 6) is -7.60. The van der Waals surface area contributed by atoms with Crippen LogP contribution in [0.25, 0.3) is 0 Å². The first-order valence-electron chi connectivity index (χ1n) is 10.9. The fraction of sp³-hybridized carbons (Fsp3) is 0.650. The number of carboxylic acid groups (broad SMARTS) is 2. The lowest BCUT2D eigenvalue weighted by Crippen LogP contribution is -2.59. The lowest BCUT2D eigenvalue weighted by atomic mass is 9.97. The predicted octanol–water partition coefficient (Wildman–Crippen LogP) is -3.10. The van der Waals surface area contributed by atoms with Crippen molar-refractivity contribution in [3.05, 3.63) is 0 Å². The minimum Gasteiger partial charge on any atom is -0.481 e. The molecule has 0 aromatic heterocycles. The van der Waals surface area contributed by atoms with E-state index in [9.17, 15) is 38.7 Å². The number of aliphatic carboxylic acids is 2. The van der Waals surface area contributed by atoms with Crippen molar-refractivity contribution in [2.45, 2.75) is 76.5 Å². The highest BCUT2D eigenvalue weighted by atomic mass is 16.4. The summed E-state index contributed by atoms with van der Waals surface area (Å²) in [5.41, 5.74) is 15.7. The first kappa shape index (κ1) is 31.2. The molecule has 0 radical (unpaired) electrons. The zero-order valence-electron chi connectivity index (χ0n) is 19.6. The van der Waals surface area contributed by atoms with Crippen LogP contribution in [-0.4, -0.2) is 75.9 Å². The second-order valence-corrected chi connectivity index (χ2v) is 8.05. The van der Waals surface area contributed by atoms with E-state index in [1.807, 2.05) is 0 Å². The summed E-state index contributed by atoms with van der Waals surface area (Å²) < 4.78 is 0. The topological polar surface area (TPSA) is 274 Å². The zero-order chi connectivity index (χ0) is 27.3. The average molecular weight is 503 g/mol. The summed E-state index contributed by atoms with van der Waals surface area (Å²) >= 11 is 0.